The number of rotatable bonds is 7. The fourth-order valence-electron chi connectivity index (χ4n) is 3.05. The summed E-state index contributed by atoms with van der Waals surface area (Å²) in [5, 5.41) is 7.26. The summed E-state index contributed by atoms with van der Waals surface area (Å²) in [5.41, 5.74) is 1.24. The number of benzene rings is 1. The highest BCUT2D eigenvalue weighted by molar-refractivity contribution is 7.07. The van der Waals surface area contributed by atoms with Gasteiger partial charge in [0.15, 0.2) is 11.5 Å². The molecule has 134 valence electrons. The van der Waals surface area contributed by atoms with Gasteiger partial charge < -0.3 is 14.8 Å². The van der Waals surface area contributed by atoms with E-state index >= 15 is 0 Å². The zero-order chi connectivity index (χ0) is 17.6. The van der Waals surface area contributed by atoms with E-state index in [1.165, 1.54) is 5.56 Å². The van der Waals surface area contributed by atoms with Crippen LogP contribution >= 0.6 is 11.3 Å². The van der Waals surface area contributed by atoms with E-state index in [1.54, 1.807) is 11.3 Å². The van der Waals surface area contributed by atoms with E-state index in [2.05, 4.69) is 40.9 Å². The van der Waals surface area contributed by atoms with Crippen molar-refractivity contribution in [2.45, 2.75) is 26.0 Å². The van der Waals surface area contributed by atoms with Crippen LogP contribution in [-0.4, -0.2) is 43.2 Å². The fraction of sp³-hybridized carbons (Fsp3) is 0.421. The van der Waals surface area contributed by atoms with Crippen LogP contribution in [0.2, 0.25) is 0 Å². The van der Waals surface area contributed by atoms with Gasteiger partial charge in [0.25, 0.3) is 5.91 Å². The van der Waals surface area contributed by atoms with Gasteiger partial charge in [-0.05, 0) is 47.6 Å². The minimum Gasteiger partial charge on any atom is -0.485 e. The van der Waals surface area contributed by atoms with Gasteiger partial charge in [-0.1, -0.05) is 26.0 Å². The van der Waals surface area contributed by atoms with E-state index in [-0.39, 0.29) is 18.6 Å². The van der Waals surface area contributed by atoms with Gasteiger partial charge in [0.2, 0.25) is 6.10 Å². The van der Waals surface area contributed by atoms with Gasteiger partial charge in [-0.15, -0.1) is 0 Å². The van der Waals surface area contributed by atoms with Crippen molar-refractivity contribution in [2.24, 2.45) is 0 Å². The number of thiophene rings is 1. The third-order valence-corrected chi connectivity index (χ3v) is 5.15. The molecule has 0 bridgehead atoms. The van der Waals surface area contributed by atoms with Crippen LogP contribution in [0, 0.1) is 0 Å². The molecule has 0 radical (unpaired) electrons. The molecule has 0 spiro atoms. The van der Waals surface area contributed by atoms with Crippen molar-refractivity contribution >= 4 is 17.2 Å². The van der Waals surface area contributed by atoms with Gasteiger partial charge >= 0.3 is 0 Å². The lowest BCUT2D eigenvalue weighted by Gasteiger charge is -2.31. The lowest BCUT2D eigenvalue weighted by atomic mass is 10.1. The topological polar surface area (TPSA) is 50.8 Å². The number of carbonyl (C=O) groups is 1. The first kappa shape index (κ1) is 17.8. The number of nitrogens with one attached hydrogen (secondary N) is 1. The zero-order valence-electron chi connectivity index (χ0n) is 14.6. The predicted molar refractivity (Wildman–Crippen MR) is 99.3 cm³/mol. The first-order chi connectivity index (χ1) is 12.2. The number of likely N-dealkylation sites (N-methyl/N-ethyl adjacent to an activating group) is 1. The van der Waals surface area contributed by atoms with E-state index in [4.69, 9.17) is 9.47 Å². The normalized spacial score (nSPS) is 17.3. The SMILES string of the molecule is CCN(CC)C(CNC(=O)C1COc2ccccc2O1)c1ccsc1. The maximum Gasteiger partial charge on any atom is 0.264 e. The Morgan fingerprint density at radius 3 is 2.72 bits per heavy atom. The molecule has 5 nitrogen and oxygen atoms in total. The summed E-state index contributed by atoms with van der Waals surface area (Å²) in [6.07, 6.45) is -0.616. The summed E-state index contributed by atoms with van der Waals surface area (Å²) in [5.74, 6) is 1.17. The molecule has 2 atom stereocenters. The van der Waals surface area contributed by atoms with E-state index < -0.39 is 6.10 Å². The molecule has 0 saturated heterocycles. The van der Waals surface area contributed by atoms with Crippen LogP contribution in [0.25, 0.3) is 0 Å². The number of nitrogens with zero attached hydrogens (tertiary/aromatic N) is 1. The molecule has 1 amide bonds. The lowest BCUT2D eigenvalue weighted by Crippen LogP contribution is -2.46. The first-order valence-corrected chi connectivity index (χ1v) is 9.59. The minimum absolute atomic E-state index is 0.137. The molecule has 1 aliphatic heterocycles. The second kappa shape index (κ2) is 8.36. The van der Waals surface area contributed by atoms with Crippen molar-refractivity contribution in [1.82, 2.24) is 10.2 Å². The van der Waals surface area contributed by atoms with Crippen molar-refractivity contribution < 1.29 is 14.3 Å². The summed E-state index contributed by atoms with van der Waals surface area (Å²) >= 11 is 1.68. The third kappa shape index (κ3) is 4.14. The Bertz CT molecular complexity index is 686. The Kier molecular flexibility index (Phi) is 5.94. The molecule has 25 heavy (non-hydrogen) atoms. The number of para-hydroxylation sites is 2. The van der Waals surface area contributed by atoms with Gasteiger partial charge in [-0.3, -0.25) is 9.69 Å². The van der Waals surface area contributed by atoms with Gasteiger partial charge in [-0.25, -0.2) is 0 Å². The van der Waals surface area contributed by atoms with Crippen LogP contribution in [-0.2, 0) is 4.79 Å². The Morgan fingerprint density at radius 2 is 2.04 bits per heavy atom. The summed E-state index contributed by atoms with van der Waals surface area (Å²) in [6, 6.07) is 9.71. The standard InChI is InChI=1S/C19H24N2O3S/c1-3-21(4-2)15(14-9-10-25-13-14)11-20-19(22)18-12-23-16-7-5-6-8-17(16)24-18/h5-10,13,15,18H,3-4,11-12H2,1-2H3,(H,20,22). The predicted octanol–water partition coefficient (Wildman–Crippen LogP) is 3.09. The van der Waals surface area contributed by atoms with Crippen molar-refractivity contribution in [3.63, 3.8) is 0 Å². The smallest absolute Gasteiger partial charge is 0.264 e. The molecular formula is C19H24N2O3S. The summed E-state index contributed by atoms with van der Waals surface area (Å²) in [6.45, 7) is 6.93. The van der Waals surface area contributed by atoms with Crippen LogP contribution in [0.5, 0.6) is 11.5 Å². The van der Waals surface area contributed by atoms with E-state index in [1.807, 2.05) is 24.3 Å². The van der Waals surface area contributed by atoms with Crippen LogP contribution in [0.1, 0.15) is 25.5 Å². The average Bonchev–Trinajstić information content (AvgIpc) is 3.18. The molecule has 6 heteroatoms. The second-order valence-electron chi connectivity index (χ2n) is 5.90. The van der Waals surface area contributed by atoms with Crippen molar-refractivity contribution in [2.75, 3.05) is 26.2 Å². The number of fused-ring (bicyclic) bond motifs is 1. The number of ether oxygens (including phenoxy) is 2. The van der Waals surface area contributed by atoms with Crippen LogP contribution in [0.15, 0.2) is 41.1 Å². The monoisotopic (exact) mass is 360 g/mol. The Balaban J connectivity index is 1.62. The summed E-state index contributed by atoms with van der Waals surface area (Å²) in [7, 11) is 0. The van der Waals surface area contributed by atoms with E-state index in [9.17, 15) is 4.79 Å². The maximum atomic E-state index is 12.5. The molecule has 1 N–H and O–H groups in total. The molecule has 0 fully saturated rings. The third-order valence-electron chi connectivity index (χ3n) is 4.45. The van der Waals surface area contributed by atoms with Gasteiger partial charge in [0.05, 0.1) is 6.04 Å². The highest BCUT2D eigenvalue weighted by Gasteiger charge is 2.28. The molecule has 1 aromatic heterocycles. The van der Waals surface area contributed by atoms with Crippen LogP contribution in [0.4, 0.5) is 0 Å². The van der Waals surface area contributed by atoms with E-state index in [0.29, 0.717) is 18.0 Å². The lowest BCUT2D eigenvalue weighted by molar-refractivity contribution is -0.130. The first-order valence-electron chi connectivity index (χ1n) is 8.65. The number of carbonyl (C=O) groups excluding carboxylic acids is 1. The maximum absolute atomic E-state index is 12.5. The number of hydrogen-bond donors (Lipinski definition) is 1. The van der Waals surface area contributed by atoms with Crippen LogP contribution < -0.4 is 14.8 Å². The number of amides is 1. The number of hydrogen-bond acceptors (Lipinski definition) is 5. The summed E-state index contributed by atoms with van der Waals surface area (Å²) in [4.78, 5) is 14.9. The molecule has 3 rings (SSSR count). The average molecular weight is 360 g/mol. The van der Waals surface area contributed by atoms with E-state index in [0.717, 1.165) is 13.1 Å². The minimum atomic E-state index is -0.616. The quantitative estimate of drug-likeness (QED) is 0.824. The van der Waals surface area contributed by atoms with Gasteiger partial charge in [0.1, 0.15) is 6.61 Å². The van der Waals surface area contributed by atoms with Crippen molar-refractivity contribution in [3.05, 3.63) is 46.7 Å². The van der Waals surface area contributed by atoms with Gasteiger partial charge in [-0.2, -0.15) is 11.3 Å². The molecular weight excluding hydrogens is 336 g/mol. The summed E-state index contributed by atoms with van der Waals surface area (Å²) < 4.78 is 11.4. The Labute approximate surface area is 152 Å². The molecule has 0 saturated carbocycles. The highest BCUT2D eigenvalue weighted by atomic mass is 32.1. The Hall–Kier alpha value is -2.05. The van der Waals surface area contributed by atoms with Crippen molar-refractivity contribution in [1.29, 1.82) is 0 Å². The highest BCUT2D eigenvalue weighted by Crippen LogP contribution is 2.31. The second-order valence-corrected chi connectivity index (χ2v) is 6.68. The molecule has 2 aromatic rings. The Morgan fingerprint density at radius 1 is 1.28 bits per heavy atom. The van der Waals surface area contributed by atoms with Gasteiger partial charge in [0, 0.05) is 6.54 Å². The van der Waals surface area contributed by atoms with Crippen LogP contribution in [0.3, 0.4) is 0 Å². The molecule has 1 aliphatic rings. The fourth-order valence-corrected chi connectivity index (χ4v) is 3.75. The largest absolute Gasteiger partial charge is 0.485 e. The molecule has 1 aromatic carbocycles. The molecule has 2 unspecified atom stereocenters. The molecule has 2 heterocycles. The van der Waals surface area contributed by atoms with Crippen molar-refractivity contribution in [3.8, 4) is 11.5 Å². The zero-order valence-corrected chi connectivity index (χ0v) is 15.4. The molecule has 0 aliphatic carbocycles.